The lowest BCUT2D eigenvalue weighted by Gasteiger charge is -2.26. The van der Waals surface area contributed by atoms with Gasteiger partial charge in [-0.1, -0.05) is 48.5 Å². The molecule has 3 aromatic rings. The van der Waals surface area contributed by atoms with E-state index in [-0.39, 0.29) is 12.0 Å². The Hall–Kier alpha value is -2.59. The van der Waals surface area contributed by atoms with E-state index < -0.39 is 0 Å². The van der Waals surface area contributed by atoms with Crippen molar-refractivity contribution in [3.8, 4) is 0 Å². The number of carbonyl (C=O) groups is 1. The second kappa shape index (κ2) is 7.32. The van der Waals surface area contributed by atoms with Gasteiger partial charge in [-0.2, -0.15) is 0 Å². The van der Waals surface area contributed by atoms with Gasteiger partial charge >= 0.3 is 5.97 Å². The number of methoxy groups -OCH3 is 1. The minimum Gasteiger partial charge on any atom is -0.468 e. The fourth-order valence-electron chi connectivity index (χ4n) is 3.05. The Morgan fingerprint density at radius 3 is 2.58 bits per heavy atom. The van der Waals surface area contributed by atoms with Crippen molar-refractivity contribution in [3.63, 3.8) is 0 Å². The summed E-state index contributed by atoms with van der Waals surface area (Å²) in [5, 5.41) is 1.15. The maximum absolute atomic E-state index is 12.3. The number of hydrogen-bond donors (Lipinski definition) is 1. The number of nitrogens with zero attached hydrogens (tertiary/aromatic N) is 1. The van der Waals surface area contributed by atoms with Crippen LogP contribution in [0.25, 0.3) is 10.9 Å². The number of nitrogens with one attached hydrogen (secondary N) is 1. The molecule has 0 spiro atoms. The van der Waals surface area contributed by atoms with Crippen LogP contribution < -0.4 is 0 Å². The molecule has 4 heteroatoms. The molecular weight excluding hydrogens is 300 g/mol. The molecule has 0 amide bonds. The maximum Gasteiger partial charge on any atom is 0.323 e. The van der Waals surface area contributed by atoms with Crippen LogP contribution in [0.1, 0.15) is 11.1 Å². The number of hydrogen-bond acceptors (Lipinski definition) is 3. The number of rotatable bonds is 6. The highest BCUT2D eigenvalue weighted by atomic mass is 16.5. The third kappa shape index (κ3) is 3.49. The lowest BCUT2D eigenvalue weighted by atomic mass is 10.0. The Bertz CT molecular complexity index is 811. The normalized spacial score (nSPS) is 12.5. The van der Waals surface area contributed by atoms with E-state index in [9.17, 15) is 4.79 Å². The van der Waals surface area contributed by atoms with E-state index >= 15 is 0 Å². The molecule has 24 heavy (non-hydrogen) atoms. The second-order valence-corrected chi connectivity index (χ2v) is 6.00. The van der Waals surface area contributed by atoms with E-state index in [0.717, 1.165) is 16.5 Å². The van der Waals surface area contributed by atoms with Gasteiger partial charge in [0.1, 0.15) is 6.04 Å². The number of benzene rings is 2. The number of aromatic amines is 1. The zero-order valence-corrected chi connectivity index (χ0v) is 14.0. The largest absolute Gasteiger partial charge is 0.468 e. The summed E-state index contributed by atoms with van der Waals surface area (Å²) < 4.78 is 5.04. The van der Waals surface area contributed by atoms with E-state index in [4.69, 9.17) is 4.74 Å². The van der Waals surface area contributed by atoms with E-state index in [2.05, 4.69) is 23.2 Å². The molecular formula is C20H22N2O2. The van der Waals surface area contributed by atoms with Gasteiger partial charge in [0.05, 0.1) is 7.11 Å². The van der Waals surface area contributed by atoms with Crippen LogP contribution in [0.2, 0.25) is 0 Å². The highest BCUT2D eigenvalue weighted by Gasteiger charge is 2.25. The second-order valence-electron chi connectivity index (χ2n) is 6.00. The number of ether oxygens (including phenoxy) is 1. The predicted octanol–water partition coefficient (Wildman–Crippen LogP) is 3.38. The van der Waals surface area contributed by atoms with Crippen LogP contribution in [-0.2, 0) is 22.5 Å². The molecule has 1 N–H and O–H groups in total. The molecule has 0 bridgehead atoms. The van der Waals surface area contributed by atoms with Gasteiger partial charge in [-0.25, -0.2) is 0 Å². The average Bonchev–Trinajstić information content (AvgIpc) is 3.03. The summed E-state index contributed by atoms with van der Waals surface area (Å²) in [4.78, 5) is 17.6. The summed E-state index contributed by atoms with van der Waals surface area (Å²) in [6.07, 6.45) is 2.59. The quantitative estimate of drug-likeness (QED) is 0.708. The maximum atomic E-state index is 12.3. The minimum atomic E-state index is -0.325. The third-order valence-electron chi connectivity index (χ3n) is 4.37. The third-order valence-corrected chi connectivity index (χ3v) is 4.37. The first-order valence-electron chi connectivity index (χ1n) is 8.06. The number of aromatic nitrogens is 1. The number of esters is 1. The lowest BCUT2D eigenvalue weighted by molar-refractivity contribution is -0.146. The van der Waals surface area contributed by atoms with Crippen molar-refractivity contribution < 1.29 is 9.53 Å². The fourth-order valence-corrected chi connectivity index (χ4v) is 3.05. The summed E-state index contributed by atoms with van der Waals surface area (Å²) in [5.74, 6) is -0.210. The molecule has 1 atom stereocenters. The van der Waals surface area contributed by atoms with Gasteiger partial charge in [0.15, 0.2) is 0 Å². The van der Waals surface area contributed by atoms with Gasteiger partial charge in [-0.15, -0.1) is 0 Å². The molecule has 1 aromatic heterocycles. The highest BCUT2D eigenvalue weighted by molar-refractivity contribution is 5.84. The Balaban J connectivity index is 1.82. The smallest absolute Gasteiger partial charge is 0.323 e. The molecule has 4 nitrogen and oxygen atoms in total. The van der Waals surface area contributed by atoms with Crippen molar-refractivity contribution in [2.24, 2.45) is 0 Å². The van der Waals surface area contributed by atoms with Gasteiger partial charge in [0, 0.05) is 30.1 Å². The fraction of sp³-hybridized carbons (Fsp3) is 0.250. The zero-order chi connectivity index (χ0) is 16.9. The molecule has 1 heterocycles. The molecule has 0 aliphatic rings. The first-order valence-corrected chi connectivity index (χ1v) is 8.06. The van der Waals surface area contributed by atoms with Crippen LogP contribution >= 0.6 is 0 Å². The number of likely N-dealkylation sites (N-methyl/N-ethyl adjacent to an activating group) is 1. The van der Waals surface area contributed by atoms with Crippen molar-refractivity contribution in [2.45, 2.75) is 19.0 Å². The van der Waals surface area contributed by atoms with Crippen LogP contribution in [0.5, 0.6) is 0 Å². The molecule has 2 aromatic carbocycles. The summed E-state index contributed by atoms with van der Waals surface area (Å²) in [6, 6.07) is 18.0. The summed E-state index contributed by atoms with van der Waals surface area (Å²) in [5.41, 5.74) is 3.38. The van der Waals surface area contributed by atoms with E-state index in [1.165, 1.54) is 12.7 Å². The molecule has 0 aliphatic heterocycles. The number of H-pyrrole nitrogens is 1. The zero-order valence-electron chi connectivity index (χ0n) is 14.0. The van der Waals surface area contributed by atoms with Gasteiger partial charge in [-0.05, 0) is 24.2 Å². The molecule has 0 unspecified atom stereocenters. The van der Waals surface area contributed by atoms with E-state index in [1.807, 2.05) is 54.5 Å². The molecule has 0 fully saturated rings. The predicted molar refractivity (Wildman–Crippen MR) is 95.7 cm³/mol. The molecule has 124 valence electrons. The highest BCUT2D eigenvalue weighted by Crippen LogP contribution is 2.21. The molecule has 0 saturated carbocycles. The Labute approximate surface area is 142 Å². The summed E-state index contributed by atoms with van der Waals surface area (Å²) in [7, 11) is 3.41. The van der Waals surface area contributed by atoms with Crippen molar-refractivity contribution in [2.75, 3.05) is 14.2 Å². The van der Waals surface area contributed by atoms with E-state index in [0.29, 0.717) is 13.0 Å². The first-order chi connectivity index (χ1) is 11.7. The van der Waals surface area contributed by atoms with Crippen molar-refractivity contribution in [3.05, 3.63) is 71.9 Å². The number of carbonyl (C=O) groups excluding carboxylic acids is 1. The standard InChI is InChI=1S/C20H22N2O2/c1-22(14-15-8-4-3-5-9-15)19(20(23)24-2)12-16-13-21-18-11-7-6-10-17(16)18/h3-11,13,19,21H,12,14H2,1-2H3/t19-/m1/s1. The Kier molecular flexibility index (Phi) is 4.96. The van der Waals surface area contributed by atoms with Crippen LogP contribution in [0.3, 0.4) is 0 Å². The van der Waals surface area contributed by atoms with Gasteiger partial charge in [0.2, 0.25) is 0 Å². The average molecular weight is 322 g/mol. The Morgan fingerprint density at radius 2 is 1.83 bits per heavy atom. The van der Waals surface area contributed by atoms with Crippen LogP contribution in [0.15, 0.2) is 60.8 Å². The van der Waals surface area contributed by atoms with Crippen molar-refractivity contribution in [1.29, 1.82) is 0 Å². The van der Waals surface area contributed by atoms with Gasteiger partial charge < -0.3 is 9.72 Å². The monoisotopic (exact) mass is 322 g/mol. The summed E-state index contributed by atoms with van der Waals surface area (Å²) in [6.45, 7) is 0.697. The van der Waals surface area contributed by atoms with Crippen molar-refractivity contribution >= 4 is 16.9 Å². The summed E-state index contributed by atoms with van der Waals surface area (Å²) >= 11 is 0. The first kappa shape index (κ1) is 16.3. The van der Waals surface area contributed by atoms with Crippen molar-refractivity contribution in [1.82, 2.24) is 9.88 Å². The number of para-hydroxylation sites is 1. The Morgan fingerprint density at radius 1 is 1.12 bits per heavy atom. The molecule has 3 rings (SSSR count). The molecule has 0 radical (unpaired) electrons. The number of fused-ring (bicyclic) bond motifs is 1. The topological polar surface area (TPSA) is 45.3 Å². The van der Waals surface area contributed by atoms with Gasteiger partial charge in [0.25, 0.3) is 0 Å². The van der Waals surface area contributed by atoms with Crippen LogP contribution in [0, 0.1) is 0 Å². The SMILES string of the molecule is COC(=O)[C@@H](Cc1c[nH]c2ccccc12)N(C)Cc1ccccc1. The minimum absolute atomic E-state index is 0.210. The molecule has 0 aliphatic carbocycles. The van der Waals surface area contributed by atoms with Crippen LogP contribution in [0.4, 0.5) is 0 Å². The lowest BCUT2D eigenvalue weighted by Crippen LogP contribution is -2.40. The van der Waals surface area contributed by atoms with Crippen LogP contribution in [-0.4, -0.2) is 36.1 Å². The van der Waals surface area contributed by atoms with E-state index in [1.54, 1.807) is 0 Å². The van der Waals surface area contributed by atoms with Gasteiger partial charge in [-0.3, -0.25) is 9.69 Å². The molecule has 0 saturated heterocycles.